The Balaban J connectivity index is 1.20. The number of fused-ring (bicyclic) bond motifs is 1. The molecule has 0 unspecified atom stereocenters. The highest BCUT2D eigenvalue weighted by Crippen LogP contribution is 2.30. The second kappa shape index (κ2) is 12.5. The van der Waals surface area contributed by atoms with Gasteiger partial charge in [0.25, 0.3) is 33.6 Å². The van der Waals surface area contributed by atoms with Gasteiger partial charge in [0.2, 0.25) is 0 Å². The molecule has 0 aliphatic carbocycles. The van der Waals surface area contributed by atoms with E-state index in [-0.39, 0.29) is 53.5 Å². The number of aromatic nitrogens is 8. The fourth-order valence-corrected chi connectivity index (χ4v) is 7.25. The highest BCUT2D eigenvalue weighted by molar-refractivity contribution is 9.10. The molecule has 1 saturated heterocycles. The van der Waals surface area contributed by atoms with Gasteiger partial charge in [-0.3, -0.25) is 9.59 Å². The molecule has 1 aliphatic rings. The van der Waals surface area contributed by atoms with E-state index in [4.69, 9.17) is 11.6 Å². The number of nitrogens with zero attached hydrogens (tertiary/aromatic N) is 10. The van der Waals surface area contributed by atoms with E-state index in [1.54, 1.807) is 59.2 Å². The second-order valence-electron chi connectivity index (χ2n) is 11.0. The smallest absolute Gasteiger partial charge is 0.286 e. The first kappa shape index (κ1) is 32.1. The molecule has 2 amide bonds. The number of hydrogen-bond donors (Lipinski definition) is 1. The molecular weight excluding hydrogens is 738 g/mol. The van der Waals surface area contributed by atoms with Gasteiger partial charge in [0, 0.05) is 34.7 Å². The second-order valence-corrected chi connectivity index (χ2v) is 14.2. The van der Waals surface area contributed by atoms with E-state index in [2.05, 4.69) is 46.5 Å². The van der Waals surface area contributed by atoms with Crippen molar-refractivity contribution in [1.82, 2.24) is 49.2 Å². The summed E-state index contributed by atoms with van der Waals surface area (Å²) in [5.74, 6) is -1.29. The molecule has 49 heavy (non-hydrogen) atoms. The first-order valence-corrected chi connectivity index (χ1v) is 17.3. The highest BCUT2D eigenvalue weighted by Gasteiger charge is 2.36. The molecule has 0 bridgehead atoms. The summed E-state index contributed by atoms with van der Waals surface area (Å²) in [5, 5.41) is 28.6. The molecule has 3 aromatic heterocycles. The Bertz CT molecular complexity index is 2400. The van der Waals surface area contributed by atoms with Crippen LogP contribution in [0.2, 0.25) is 5.02 Å². The Morgan fingerprint density at radius 1 is 1.00 bits per heavy atom. The lowest BCUT2D eigenvalue weighted by Crippen LogP contribution is -2.52. The fourth-order valence-electron chi connectivity index (χ4n) is 5.64. The van der Waals surface area contributed by atoms with Gasteiger partial charge in [-0.25, -0.2) is 4.68 Å². The fraction of sp³-hybridized carbons (Fsp3) is 0.161. The van der Waals surface area contributed by atoms with Gasteiger partial charge in [0.05, 0.1) is 28.4 Å². The van der Waals surface area contributed by atoms with E-state index in [1.807, 2.05) is 12.1 Å². The number of aromatic amines is 1. The quantitative estimate of drug-likeness (QED) is 0.261. The van der Waals surface area contributed by atoms with Crippen molar-refractivity contribution < 1.29 is 18.0 Å². The lowest BCUT2D eigenvalue weighted by molar-refractivity contribution is 0.0383. The third kappa shape index (κ3) is 5.83. The number of H-pyrrole nitrogens is 1. The zero-order valence-electron chi connectivity index (χ0n) is 25.4. The Morgan fingerprint density at radius 2 is 1.73 bits per heavy atom. The standard InChI is InChI=1S/C31H23BrClN11O4S/c1-18-24(16-35-43(18)31-36-28(15-34)39-44(31)49(47,48)23-10-11-25-26(14-23)38-40-37-25)30(46)41-12-13-42(29(45)20-2-6-21(32)7-3-20)27(17-41)19-4-8-22(33)9-5-19/h2-11,14,16,27H,12-13,17H2,1H3,(H,37,38,40)/t27-/m1/s1. The molecule has 3 aromatic carbocycles. The monoisotopic (exact) mass is 759 g/mol. The number of benzene rings is 3. The molecule has 18 heteroatoms. The Hall–Kier alpha value is -5.44. The average Bonchev–Trinajstić information content (AvgIpc) is 3.86. The number of nitriles is 1. The van der Waals surface area contributed by atoms with Gasteiger partial charge in [-0.05, 0) is 67.1 Å². The summed E-state index contributed by atoms with van der Waals surface area (Å²) >= 11 is 9.56. The van der Waals surface area contributed by atoms with Crippen LogP contribution >= 0.6 is 27.5 Å². The van der Waals surface area contributed by atoms with Crippen LogP contribution in [0.1, 0.15) is 43.8 Å². The van der Waals surface area contributed by atoms with Gasteiger partial charge in [0.1, 0.15) is 17.1 Å². The summed E-state index contributed by atoms with van der Waals surface area (Å²) in [6.07, 6.45) is 1.31. The Kier molecular flexibility index (Phi) is 8.22. The molecule has 1 N–H and O–H groups in total. The zero-order chi connectivity index (χ0) is 34.4. The molecule has 15 nitrogen and oxygen atoms in total. The van der Waals surface area contributed by atoms with Crippen LogP contribution in [0.25, 0.3) is 17.0 Å². The third-order valence-electron chi connectivity index (χ3n) is 8.18. The zero-order valence-corrected chi connectivity index (χ0v) is 28.6. The number of carbonyl (C=O) groups is 2. The maximum absolute atomic E-state index is 14.1. The minimum atomic E-state index is -4.40. The molecule has 1 aliphatic heterocycles. The van der Waals surface area contributed by atoms with Crippen LogP contribution in [-0.2, 0) is 10.0 Å². The van der Waals surface area contributed by atoms with Crippen LogP contribution in [0.15, 0.2) is 82.3 Å². The van der Waals surface area contributed by atoms with E-state index < -0.39 is 21.9 Å². The highest BCUT2D eigenvalue weighted by atomic mass is 79.9. The van der Waals surface area contributed by atoms with E-state index in [0.717, 1.165) is 14.7 Å². The average molecular weight is 761 g/mol. The van der Waals surface area contributed by atoms with Crippen molar-refractivity contribution in [2.75, 3.05) is 19.6 Å². The third-order valence-corrected chi connectivity index (χ3v) is 10.5. The maximum Gasteiger partial charge on any atom is 0.286 e. The number of halogens is 2. The van der Waals surface area contributed by atoms with Crippen molar-refractivity contribution in [1.29, 1.82) is 5.26 Å². The predicted octanol–water partition coefficient (Wildman–Crippen LogP) is 3.91. The molecule has 1 atom stereocenters. The van der Waals surface area contributed by atoms with Crippen molar-refractivity contribution in [2.24, 2.45) is 0 Å². The van der Waals surface area contributed by atoms with Gasteiger partial charge >= 0.3 is 0 Å². The van der Waals surface area contributed by atoms with Gasteiger partial charge in [-0.2, -0.15) is 39.2 Å². The maximum atomic E-state index is 14.1. The molecule has 0 saturated carbocycles. The van der Waals surface area contributed by atoms with Gasteiger partial charge in [0.15, 0.2) is 0 Å². The van der Waals surface area contributed by atoms with E-state index in [9.17, 15) is 23.3 Å². The number of piperazine rings is 1. The molecule has 4 heterocycles. The summed E-state index contributed by atoms with van der Waals surface area (Å²) in [4.78, 5) is 35.0. The van der Waals surface area contributed by atoms with Gasteiger partial charge in [-0.1, -0.05) is 39.7 Å². The van der Waals surface area contributed by atoms with Crippen LogP contribution < -0.4 is 0 Å². The predicted molar refractivity (Wildman–Crippen MR) is 178 cm³/mol. The van der Waals surface area contributed by atoms with Crippen molar-refractivity contribution in [2.45, 2.75) is 17.9 Å². The van der Waals surface area contributed by atoms with E-state index in [0.29, 0.717) is 25.7 Å². The number of rotatable bonds is 6. The van der Waals surface area contributed by atoms with Crippen LogP contribution in [0.3, 0.4) is 0 Å². The van der Waals surface area contributed by atoms with E-state index in [1.165, 1.54) is 24.4 Å². The first-order valence-electron chi connectivity index (χ1n) is 14.6. The topological polar surface area (TPSA) is 189 Å². The normalized spacial score (nSPS) is 15.0. The van der Waals surface area contributed by atoms with Crippen molar-refractivity contribution in [3.63, 3.8) is 0 Å². The number of carbonyl (C=O) groups excluding carboxylic acids is 2. The van der Waals surface area contributed by atoms with Gasteiger partial charge in [-0.15, -0.1) is 9.19 Å². The van der Waals surface area contributed by atoms with E-state index >= 15 is 0 Å². The minimum Gasteiger partial charge on any atom is -0.334 e. The molecule has 6 aromatic rings. The van der Waals surface area contributed by atoms with Crippen LogP contribution in [0, 0.1) is 18.3 Å². The van der Waals surface area contributed by atoms with Crippen molar-refractivity contribution in [3.05, 3.63) is 111 Å². The van der Waals surface area contributed by atoms with Gasteiger partial charge < -0.3 is 9.80 Å². The summed E-state index contributed by atoms with van der Waals surface area (Å²) < 4.78 is 30.1. The first-order chi connectivity index (χ1) is 23.5. The molecule has 7 rings (SSSR count). The minimum absolute atomic E-state index is 0.168. The number of hydrogen-bond acceptors (Lipinski definition) is 10. The number of amides is 2. The summed E-state index contributed by atoms with van der Waals surface area (Å²) in [6.45, 7) is 2.23. The summed E-state index contributed by atoms with van der Waals surface area (Å²) in [6, 6.07) is 19.6. The lowest BCUT2D eigenvalue weighted by atomic mass is 10.00. The number of nitrogens with one attached hydrogen (secondary N) is 1. The molecule has 0 radical (unpaired) electrons. The Labute approximate surface area is 291 Å². The summed E-state index contributed by atoms with van der Waals surface area (Å²) in [5.41, 5.74) is 2.51. The van der Waals surface area contributed by atoms with Crippen LogP contribution in [-0.4, -0.2) is 89.0 Å². The van der Waals surface area contributed by atoms with Crippen molar-refractivity contribution >= 4 is 60.4 Å². The summed E-state index contributed by atoms with van der Waals surface area (Å²) in [7, 11) is -4.40. The molecule has 246 valence electrons. The SMILES string of the molecule is Cc1c(C(=O)N2CCN(C(=O)c3ccc(Br)cc3)[C@@H](c3ccc(Cl)cc3)C2)cnn1-c1nc(C#N)nn1S(=O)(=O)c1ccc2n[nH]nc2c1. The lowest BCUT2D eigenvalue weighted by Gasteiger charge is -2.41. The largest absolute Gasteiger partial charge is 0.334 e. The van der Waals surface area contributed by atoms with Crippen molar-refractivity contribution in [3.8, 4) is 12.0 Å². The molecule has 1 fully saturated rings. The molecular formula is C31H23BrClN11O4S. The molecule has 0 spiro atoms. The van der Waals surface area contributed by atoms with Crippen LogP contribution in [0.5, 0.6) is 0 Å². The Morgan fingerprint density at radius 3 is 2.47 bits per heavy atom. The van der Waals surface area contributed by atoms with Crippen LogP contribution in [0.4, 0.5) is 0 Å².